The minimum atomic E-state index is -0.552. The highest BCUT2D eigenvalue weighted by molar-refractivity contribution is 6.26. The van der Waals surface area contributed by atoms with Gasteiger partial charge in [0.05, 0.1) is 13.7 Å². The highest BCUT2D eigenvalue weighted by Crippen LogP contribution is 2.35. The lowest BCUT2D eigenvalue weighted by Crippen LogP contribution is -2.42. The van der Waals surface area contributed by atoms with E-state index in [9.17, 15) is 14.4 Å². The van der Waals surface area contributed by atoms with Gasteiger partial charge in [0.2, 0.25) is 0 Å². The highest BCUT2D eigenvalue weighted by atomic mass is 16.5. The Morgan fingerprint density at radius 2 is 1.80 bits per heavy atom. The third kappa shape index (κ3) is 2.76. The van der Waals surface area contributed by atoms with Crippen molar-refractivity contribution in [1.82, 2.24) is 4.90 Å². The van der Waals surface area contributed by atoms with Gasteiger partial charge in [0.25, 0.3) is 11.8 Å². The van der Waals surface area contributed by atoms with E-state index in [2.05, 4.69) is 6.58 Å². The molecule has 2 aromatic carbocycles. The molecule has 0 fully saturated rings. The first-order valence-corrected chi connectivity index (χ1v) is 7.74. The molecule has 0 saturated heterocycles. The van der Waals surface area contributed by atoms with Crippen LogP contribution < -0.4 is 4.74 Å². The summed E-state index contributed by atoms with van der Waals surface area (Å²) in [4.78, 5) is 38.0. The van der Waals surface area contributed by atoms with Crippen molar-refractivity contribution in [3.05, 3.63) is 53.6 Å². The van der Waals surface area contributed by atoms with Crippen molar-refractivity contribution in [2.45, 2.75) is 6.92 Å². The van der Waals surface area contributed by atoms with Crippen LogP contribution in [0.5, 0.6) is 5.75 Å². The lowest BCUT2D eigenvalue weighted by atomic mass is 9.93. The lowest BCUT2D eigenvalue weighted by molar-refractivity contribution is -0.139. The Morgan fingerprint density at radius 3 is 2.44 bits per heavy atom. The second-order valence-corrected chi connectivity index (χ2v) is 5.72. The van der Waals surface area contributed by atoms with Crippen molar-refractivity contribution in [3.63, 3.8) is 0 Å². The maximum atomic E-state index is 12.7. The average molecular weight is 339 g/mol. The summed E-state index contributed by atoms with van der Waals surface area (Å²) in [6.45, 7) is 4.93. The monoisotopic (exact) mass is 339 g/mol. The number of rotatable bonds is 5. The standard InChI is InChI=1S/C19H17NO5/c1-11(2)19(23)25-10-9-20-17(21)13-6-4-5-12-15(24-3)8-7-14(16(12)13)18(20)22/h4-8H,1,9-10H2,2-3H3. The van der Waals surface area contributed by atoms with E-state index in [1.54, 1.807) is 31.4 Å². The Hall–Kier alpha value is -3.15. The van der Waals surface area contributed by atoms with Crippen molar-refractivity contribution in [3.8, 4) is 5.75 Å². The van der Waals surface area contributed by atoms with E-state index in [0.717, 1.165) is 4.90 Å². The number of hydrogen-bond donors (Lipinski definition) is 0. The summed E-state index contributed by atoms with van der Waals surface area (Å²) in [5.74, 6) is -0.778. The third-order valence-corrected chi connectivity index (χ3v) is 4.07. The van der Waals surface area contributed by atoms with Crippen molar-refractivity contribution < 1.29 is 23.9 Å². The van der Waals surface area contributed by atoms with E-state index in [1.165, 1.54) is 6.92 Å². The van der Waals surface area contributed by atoms with E-state index in [1.807, 2.05) is 6.07 Å². The van der Waals surface area contributed by atoms with Crippen LogP contribution in [0.25, 0.3) is 10.8 Å². The maximum absolute atomic E-state index is 12.7. The summed E-state index contributed by atoms with van der Waals surface area (Å²) in [6.07, 6.45) is 0. The van der Waals surface area contributed by atoms with Gasteiger partial charge >= 0.3 is 5.97 Å². The highest BCUT2D eigenvalue weighted by Gasteiger charge is 2.33. The van der Waals surface area contributed by atoms with Crippen LogP contribution in [0.4, 0.5) is 0 Å². The van der Waals surface area contributed by atoms with Gasteiger partial charge in [-0.15, -0.1) is 0 Å². The van der Waals surface area contributed by atoms with Crippen molar-refractivity contribution in [2.24, 2.45) is 0 Å². The second kappa shape index (κ2) is 6.39. The summed E-state index contributed by atoms with van der Waals surface area (Å²) in [6, 6.07) is 8.58. The third-order valence-electron chi connectivity index (χ3n) is 4.07. The minimum absolute atomic E-state index is 0.0153. The van der Waals surface area contributed by atoms with Crippen LogP contribution in [-0.4, -0.2) is 42.9 Å². The number of esters is 1. The van der Waals surface area contributed by atoms with E-state index in [0.29, 0.717) is 27.6 Å². The fraction of sp³-hybridized carbons (Fsp3) is 0.211. The molecule has 0 bridgehead atoms. The zero-order valence-corrected chi connectivity index (χ0v) is 14.0. The van der Waals surface area contributed by atoms with Crippen molar-refractivity contribution >= 4 is 28.6 Å². The van der Waals surface area contributed by atoms with E-state index in [-0.39, 0.29) is 18.7 Å². The number of hydrogen-bond acceptors (Lipinski definition) is 5. The topological polar surface area (TPSA) is 72.9 Å². The molecule has 25 heavy (non-hydrogen) atoms. The number of imide groups is 1. The van der Waals surface area contributed by atoms with Gasteiger partial charge in [0, 0.05) is 27.5 Å². The molecule has 0 atom stereocenters. The predicted molar refractivity (Wildman–Crippen MR) is 91.6 cm³/mol. The van der Waals surface area contributed by atoms with Crippen LogP contribution in [0, 0.1) is 0 Å². The molecule has 0 aromatic heterocycles. The summed E-state index contributed by atoms with van der Waals surface area (Å²) in [5.41, 5.74) is 1.12. The van der Waals surface area contributed by atoms with Gasteiger partial charge in [-0.05, 0) is 25.1 Å². The fourth-order valence-electron chi connectivity index (χ4n) is 2.85. The van der Waals surface area contributed by atoms with Gasteiger partial charge in [-0.3, -0.25) is 14.5 Å². The van der Waals surface area contributed by atoms with E-state index in [4.69, 9.17) is 9.47 Å². The Bertz CT molecular complexity index is 893. The van der Waals surface area contributed by atoms with Crippen LogP contribution in [-0.2, 0) is 9.53 Å². The molecule has 1 heterocycles. The van der Waals surface area contributed by atoms with Gasteiger partial charge in [-0.25, -0.2) is 4.79 Å². The molecule has 1 aliphatic heterocycles. The van der Waals surface area contributed by atoms with Gasteiger partial charge in [0.1, 0.15) is 12.4 Å². The first-order valence-electron chi connectivity index (χ1n) is 7.74. The first kappa shape index (κ1) is 16.7. The molecule has 3 rings (SSSR count). The van der Waals surface area contributed by atoms with Gasteiger partial charge < -0.3 is 9.47 Å². The molecule has 0 spiro atoms. The summed E-state index contributed by atoms with van der Waals surface area (Å²) >= 11 is 0. The molecule has 6 heteroatoms. The Balaban J connectivity index is 1.94. The summed E-state index contributed by atoms with van der Waals surface area (Å²) in [7, 11) is 1.54. The molecule has 2 aromatic rings. The fourth-order valence-corrected chi connectivity index (χ4v) is 2.85. The molecule has 128 valence electrons. The van der Waals surface area contributed by atoms with Crippen molar-refractivity contribution in [2.75, 3.05) is 20.3 Å². The van der Waals surface area contributed by atoms with Crippen LogP contribution in [0.3, 0.4) is 0 Å². The molecule has 0 N–H and O–H groups in total. The van der Waals surface area contributed by atoms with Crippen LogP contribution in [0.1, 0.15) is 27.6 Å². The predicted octanol–water partition coefficient (Wildman–Crippen LogP) is 2.56. The molecular formula is C19H17NO5. The Morgan fingerprint density at radius 1 is 1.12 bits per heavy atom. The Kier molecular flexibility index (Phi) is 4.27. The summed E-state index contributed by atoms with van der Waals surface area (Å²) < 4.78 is 10.3. The number of ether oxygens (including phenoxy) is 2. The minimum Gasteiger partial charge on any atom is -0.496 e. The smallest absolute Gasteiger partial charge is 0.333 e. The number of carbonyl (C=O) groups excluding carboxylic acids is 3. The van der Waals surface area contributed by atoms with Crippen LogP contribution in [0.15, 0.2) is 42.5 Å². The first-order chi connectivity index (χ1) is 12.0. The molecule has 0 unspecified atom stereocenters. The molecule has 0 aliphatic carbocycles. The number of methoxy groups -OCH3 is 1. The molecule has 6 nitrogen and oxygen atoms in total. The normalized spacial score (nSPS) is 13.1. The SMILES string of the molecule is C=C(C)C(=O)OCCN1C(=O)c2cccc3c(OC)ccc(c23)C1=O. The van der Waals surface area contributed by atoms with Crippen LogP contribution in [0.2, 0.25) is 0 Å². The number of amides is 2. The van der Waals surface area contributed by atoms with E-state index < -0.39 is 17.8 Å². The summed E-state index contributed by atoms with van der Waals surface area (Å²) in [5, 5.41) is 1.31. The maximum Gasteiger partial charge on any atom is 0.333 e. The van der Waals surface area contributed by atoms with Gasteiger partial charge in [-0.2, -0.15) is 0 Å². The Labute approximate surface area is 144 Å². The zero-order valence-electron chi connectivity index (χ0n) is 14.0. The van der Waals surface area contributed by atoms with Crippen LogP contribution >= 0.6 is 0 Å². The van der Waals surface area contributed by atoms with Crippen molar-refractivity contribution in [1.29, 1.82) is 0 Å². The average Bonchev–Trinajstić information content (AvgIpc) is 2.61. The lowest BCUT2D eigenvalue weighted by Gasteiger charge is -2.27. The second-order valence-electron chi connectivity index (χ2n) is 5.72. The van der Waals surface area contributed by atoms with E-state index >= 15 is 0 Å². The molecule has 1 aliphatic rings. The van der Waals surface area contributed by atoms with Gasteiger partial charge in [0.15, 0.2) is 0 Å². The molecular weight excluding hydrogens is 322 g/mol. The number of benzene rings is 2. The molecule has 0 radical (unpaired) electrons. The zero-order chi connectivity index (χ0) is 18.1. The number of nitrogens with zero attached hydrogens (tertiary/aromatic N) is 1. The molecule has 2 amide bonds. The quantitative estimate of drug-likeness (QED) is 0.475. The molecule has 0 saturated carbocycles. The largest absolute Gasteiger partial charge is 0.496 e. The van der Waals surface area contributed by atoms with Gasteiger partial charge in [-0.1, -0.05) is 18.7 Å². The number of carbonyl (C=O) groups is 3.